The molecular weight excluding hydrogens is 482 g/mol. The molecule has 10 heteroatoms. The first kappa shape index (κ1) is 25.4. The number of aryl methyl sites for hydroxylation is 3. The van der Waals surface area contributed by atoms with Gasteiger partial charge in [-0.1, -0.05) is 59.8 Å². The predicted octanol–water partition coefficient (Wildman–Crippen LogP) is 3.71. The van der Waals surface area contributed by atoms with Crippen molar-refractivity contribution in [1.29, 1.82) is 0 Å². The number of H-pyrrole nitrogens is 1. The topological polar surface area (TPSA) is 108 Å². The molecule has 1 aromatic heterocycles. The molecule has 1 saturated heterocycles. The van der Waals surface area contributed by atoms with Gasteiger partial charge in [0.2, 0.25) is 21.1 Å². The van der Waals surface area contributed by atoms with Gasteiger partial charge in [-0.15, -0.1) is 5.10 Å². The third-order valence-electron chi connectivity index (χ3n) is 6.17. The summed E-state index contributed by atoms with van der Waals surface area (Å²) in [5.41, 5.74) is 3.55. The van der Waals surface area contributed by atoms with Crippen molar-refractivity contribution >= 4 is 27.7 Å². The lowest BCUT2D eigenvalue weighted by Crippen LogP contribution is -2.43. The van der Waals surface area contributed by atoms with Crippen molar-refractivity contribution < 1.29 is 13.2 Å². The Morgan fingerprint density at radius 2 is 1.77 bits per heavy atom. The number of aromatic amines is 1. The van der Waals surface area contributed by atoms with Gasteiger partial charge in [0.05, 0.1) is 4.90 Å². The van der Waals surface area contributed by atoms with E-state index in [4.69, 9.17) is 0 Å². The number of carbonyl (C=O) groups is 1. The molecule has 0 unspecified atom stereocenters. The third kappa shape index (κ3) is 5.94. The summed E-state index contributed by atoms with van der Waals surface area (Å²) in [6, 6.07) is 13.6. The van der Waals surface area contributed by atoms with E-state index in [1.54, 1.807) is 0 Å². The highest BCUT2D eigenvalue weighted by Gasteiger charge is 2.33. The van der Waals surface area contributed by atoms with Crippen LogP contribution in [0, 0.1) is 26.7 Å². The number of thioether (sulfide) groups is 1. The monoisotopic (exact) mass is 513 g/mol. The largest absolute Gasteiger partial charge is 0.355 e. The normalized spacial score (nSPS) is 15.3. The first-order valence-corrected chi connectivity index (χ1v) is 14.1. The maximum Gasteiger partial charge on any atom is 0.243 e. The Labute approximate surface area is 211 Å². The molecule has 1 aliphatic heterocycles. The van der Waals surface area contributed by atoms with Crippen LogP contribution in [0.25, 0.3) is 11.4 Å². The van der Waals surface area contributed by atoms with Gasteiger partial charge in [-0.3, -0.25) is 9.89 Å². The zero-order chi connectivity index (χ0) is 25.0. The summed E-state index contributed by atoms with van der Waals surface area (Å²) >= 11 is 1.47. The van der Waals surface area contributed by atoms with Crippen LogP contribution in [0.5, 0.6) is 0 Å². The molecule has 1 fully saturated rings. The highest BCUT2D eigenvalue weighted by molar-refractivity contribution is 7.99. The van der Waals surface area contributed by atoms with Crippen molar-refractivity contribution in [2.24, 2.45) is 5.92 Å². The van der Waals surface area contributed by atoms with Crippen LogP contribution in [0.15, 0.2) is 52.5 Å². The average Bonchev–Trinajstić information content (AvgIpc) is 3.30. The van der Waals surface area contributed by atoms with Crippen LogP contribution >= 0.6 is 11.8 Å². The Morgan fingerprint density at radius 1 is 1.11 bits per heavy atom. The van der Waals surface area contributed by atoms with Crippen molar-refractivity contribution in [3.05, 3.63) is 59.2 Å². The number of nitrogens with one attached hydrogen (secondary N) is 2. The number of sulfonamides is 1. The molecule has 8 nitrogen and oxygen atoms in total. The second kappa shape index (κ2) is 10.9. The predicted molar refractivity (Wildman–Crippen MR) is 138 cm³/mol. The van der Waals surface area contributed by atoms with Crippen LogP contribution in [0.2, 0.25) is 0 Å². The molecular formula is C25H31N5O3S2. The molecule has 1 amide bonds. The third-order valence-corrected chi connectivity index (χ3v) is 9.23. The van der Waals surface area contributed by atoms with Gasteiger partial charge >= 0.3 is 0 Å². The van der Waals surface area contributed by atoms with Crippen molar-refractivity contribution in [3.63, 3.8) is 0 Å². The van der Waals surface area contributed by atoms with E-state index in [0.29, 0.717) is 48.3 Å². The minimum Gasteiger partial charge on any atom is -0.355 e. The molecule has 0 saturated carbocycles. The number of rotatable bonds is 8. The number of benzene rings is 2. The molecule has 2 N–H and O–H groups in total. The standard InChI is InChI=1S/C25H31N5O3S2/c1-17-15-18(2)22(19(3)16-17)35(32,33)30-12-9-21(10-13-30)24(31)26-11-14-34-25-27-23(28-29-25)20-7-5-4-6-8-20/h4-8,15-16,21H,9-14H2,1-3H3,(H,26,31)(H,27,28,29). The van der Waals surface area contributed by atoms with Crippen LogP contribution < -0.4 is 5.32 Å². The molecule has 0 bridgehead atoms. The van der Waals surface area contributed by atoms with E-state index in [2.05, 4.69) is 20.5 Å². The Bertz CT molecular complexity index is 1260. The lowest BCUT2D eigenvalue weighted by Gasteiger charge is -2.31. The van der Waals surface area contributed by atoms with Crippen LogP contribution in [-0.2, 0) is 14.8 Å². The molecule has 4 rings (SSSR count). The fourth-order valence-corrected chi connectivity index (χ4v) is 7.09. The maximum absolute atomic E-state index is 13.3. The van der Waals surface area contributed by atoms with E-state index in [-0.39, 0.29) is 11.8 Å². The van der Waals surface area contributed by atoms with Gasteiger partial charge in [0, 0.05) is 36.9 Å². The Kier molecular flexibility index (Phi) is 7.93. The Morgan fingerprint density at radius 3 is 2.43 bits per heavy atom. The Hall–Kier alpha value is -2.69. The quantitative estimate of drug-likeness (QED) is 0.351. The fraction of sp³-hybridized carbons (Fsp3) is 0.400. The van der Waals surface area contributed by atoms with Crippen LogP contribution in [0.4, 0.5) is 0 Å². The van der Waals surface area contributed by atoms with Gasteiger partial charge < -0.3 is 5.32 Å². The molecule has 2 heterocycles. The number of hydrogen-bond acceptors (Lipinski definition) is 6. The SMILES string of the molecule is Cc1cc(C)c(S(=O)(=O)N2CCC(C(=O)NCCSc3n[nH]c(-c4ccccc4)n3)CC2)c(C)c1. The molecule has 0 aliphatic carbocycles. The van der Waals surface area contributed by atoms with Crippen molar-refractivity contribution in [1.82, 2.24) is 24.8 Å². The summed E-state index contributed by atoms with van der Waals surface area (Å²) in [4.78, 5) is 17.5. The zero-order valence-corrected chi connectivity index (χ0v) is 21.9. The van der Waals surface area contributed by atoms with Gasteiger partial charge in [0.15, 0.2) is 5.82 Å². The number of nitrogens with zero attached hydrogens (tertiary/aromatic N) is 3. The number of piperidine rings is 1. The lowest BCUT2D eigenvalue weighted by molar-refractivity contribution is -0.125. The highest BCUT2D eigenvalue weighted by atomic mass is 32.2. The molecule has 0 atom stereocenters. The minimum atomic E-state index is -3.58. The second-order valence-electron chi connectivity index (χ2n) is 8.88. The summed E-state index contributed by atoms with van der Waals surface area (Å²) in [6.45, 7) is 6.84. The minimum absolute atomic E-state index is 0.0229. The molecule has 1 aliphatic rings. The van der Waals surface area contributed by atoms with Crippen LogP contribution in [0.1, 0.15) is 29.5 Å². The van der Waals surface area contributed by atoms with Crippen molar-refractivity contribution in [3.8, 4) is 11.4 Å². The first-order chi connectivity index (χ1) is 16.8. The zero-order valence-electron chi connectivity index (χ0n) is 20.2. The number of amides is 1. The number of aromatic nitrogens is 3. The summed E-state index contributed by atoms with van der Waals surface area (Å²) < 4.78 is 28.0. The van der Waals surface area contributed by atoms with Crippen molar-refractivity contribution in [2.75, 3.05) is 25.4 Å². The molecule has 0 spiro atoms. The van der Waals surface area contributed by atoms with Gasteiger partial charge in [0.25, 0.3) is 0 Å². The highest BCUT2D eigenvalue weighted by Crippen LogP contribution is 2.29. The van der Waals surface area contributed by atoms with E-state index >= 15 is 0 Å². The summed E-state index contributed by atoms with van der Waals surface area (Å²) in [6.07, 6.45) is 1.03. The average molecular weight is 514 g/mol. The smallest absolute Gasteiger partial charge is 0.243 e. The molecule has 0 radical (unpaired) electrons. The fourth-order valence-electron chi connectivity index (χ4n) is 4.56. The second-order valence-corrected chi connectivity index (χ2v) is 11.8. The van der Waals surface area contributed by atoms with Crippen LogP contribution in [0.3, 0.4) is 0 Å². The molecule has 186 valence electrons. The van der Waals surface area contributed by atoms with Gasteiger partial charge in [-0.25, -0.2) is 13.4 Å². The van der Waals surface area contributed by atoms with E-state index in [1.165, 1.54) is 16.1 Å². The van der Waals surface area contributed by atoms with E-state index in [0.717, 1.165) is 28.1 Å². The summed E-state index contributed by atoms with van der Waals surface area (Å²) in [5, 5.41) is 10.8. The van der Waals surface area contributed by atoms with E-state index < -0.39 is 10.0 Å². The molecule has 3 aromatic rings. The number of hydrogen-bond donors (Lipinski definition) is 2. The maximum atomic E-state index is 13.3. The van der Waals surface area contributed by atoms with E-state index in [1.807, 2.05) is 63.2 Å². The van der Waals surface area contributed by atoms with Gasteiger partial charge in [0.1, 0.15) is 0 Å². The van der Waals surface area contributed by atoms with Gasteiger partial charge in [-0.05, 0) is 44.7 Å². The van der Waals surface area contributed by atoms with Gasteiger partial charge in [-0.2, -0.15) is 4.31 Å². The van der Waals surface area contributed by atoms with Crippen LogP contribution in [-0.4, -0.2) is 59.2 Å². The molecule has 2 aromatic carbocycles. The number of carbonyl (C=O) groups excluding carboxylic acids is 1. The lowest BCUT2D eigenvalue weighted by atomic mass is 9.97. The van der Waals surface area contributed by atoms with E-state index in [9.17, 15) is 13.2 Å². The molecule has 35 heavy (non-hydrogen) atoms. The summed E-state index contributed by atoms with van der Waals surface area (Å²) in [5.74, 6) is 1.16. The van der Waals surface area contributed by atoms with Crippen molar-refractivity contribution in [2.45, 2.75) is 43.7 Å². The Balaban J connectivity index is 1.24. The summed E-state index contributed by atoms with van der Waals surface area (Å²) in [7, 11) is -3.58. The first-order valence-electron chi connectivity index (χ1n) is 11.7.